The minimum absolute atomic E-state index is 0. The van der Waals surface area contributed by atoms with E-state index >= 15 is 0 Å². The second kappa shape index (κ2) is 4.58. The van der Waals surface area contributed by atoms with Gasteiger partial charge in [0.15, 0.2) is 0 Å². The van der Waals surface area contributed by atoms with E-state index in [1.54, 1.807) is 0 Å². The molecule has 0 aliphatic rings. The van der Waals surface area contributed by atoms with Gasteiger partial charge in [-0.05, 0) is 11.6 Å². The van der Waals surface area contributed by atoms with Gasteiger partial charge in [0.1, 0.15) is 0 Å². The van der Waals surface area contributed by atoms with Crippen molar-refractivity contribution in [3.8, 4) is 0 Å². The predicted molar refractivity (Wildman–Crippen MR) is 54.6 cm³/mol. The normalized spacial score (nSPS) is 8.10. The van der Waals surface area contributed by atoms with Crippen molar-refractivity contribution < 1.29 is 0 Å². The topological polar surface area (TPSA) is 0 Å². The van der Waals surface area contributed by atoms with Crippen molar-refractivity contribution in [2.75, 3.05) is 0 Å². The molecule has 1 aromatic carbocycles. The molecule has 0 aromatic heterocycles. The second-order valence-corrected chi connectivity index (χ2v) is 2.58. The molecule has 2 heteroatoms. The Morgan fingerprint density at radius 1 is 1.30 bits per heavy atom. The Labute approximate surface area is 76.5 Å². The van der Waals surface area contributed by atoms with Gasteiger partial charge in [-0.1, -0.05) is 46.8 Å². The van der Waals surface area contributed by atoms with Crippen LogP contribution in [-0.2, 0) is 0 Å². The van der Waals surface area contributed by atoms with Gasteiger partial charge in [-0.3, -0.25) is 0 Å². The highest BCUT2D eigenvalue weighted by molar-refractivity contribution is 9.10. The quantitative estimate of drug-likeness (QED) is 0.677. The lowest BCUT2D eigenvalue weighted by atomic mass is 10.2. The van der Waals surface area contributed by atoms with Gasteiger partial charge < -0.3 is 0 Å². The van der Waals surface area contributed by atoms with Crippen LogP contribution in [0, 0.1) is 0 Å². The van der Waals surface area contributed by atoms with Crippen molar-refractivity contribution in [1.29, 1.82) is 0 Å². The molecule has 0 saturated heterocycles. The summed E-state index contributed by atoms with van der Waals surface area (Å²) in [4.78, 5) is 0. The van der Waals surface area contributed by atoms with E-state index in [1.807, 2.05) is 30.3 Å². The maximum atomic E-state index is 3.66. The third kappa shape index (κ3) is 2.20. The van der Waals surface area contributed by atoms with Gasteiger partial charge in [0.2, 0.25) is 0 Å². The number of benzene rings is 1. The molecule has 0 amide bonds. The van der Waals surface area contributed by atoms with E-state index in [-0.39, 0.29) is 13.5 Å². The maximum Gasteiger partial charge on any atom is 0.0247 e. The molecule has 10 heavy (non-hydrogen) atoms. The van der Waals surface area contributed by atoms with E-state index in [1.165, 1.54) is 0 Å². The third-order valence-corrected chi connectivity index (χ3v) is 1.85. The fourth-order valence-electron chi connectivity index (χ4n) is 0.641. The van der Waals surface area contributed by atoms with Crippen LogP contribution >= 0.6 is 29.4 Å². The van der Waals surface area contributed by atoms with E-state index < -0.39 is 0 Å². The molecular weight excluding hydrogens is 208 g/mol. The molecule has 0 N–H and O–H groups in total. The largest absolute Gasteiger partial charge is 0.197 e. The molecule has 0 bridgehead atoms. The lowest BCUT2D eigenvalue weighted by Gasteiger charge is -1.93. The van der Waals surface area contributed by atoms with Crippen LogP contribution in [0.25, 0.3) is 6.08 Å². The van der Waals surface area contributed by atoms with Gasteiger partial charge in [0, 0.05) is 4.47 Å². The Balaban J connectivity index is 0.000000810. The predicted octanol–water partition coefficient (Wildman–Crippen LogP) is 3.20. The molecule has 0 nitrogen and oxygen atoms in total. The van der Waals surface area contributed by atoms with Crippen molar-refractivity contribution in [1.82, 2.24) is 0 Å². The maximum absolute atomic E-state index is 3.66. The van der Waals surface area contributed by atoms with E-state index in [0.29, 0.717) is 0 Å². The molecule has 1 rings (SSSR count). The third-order valence-electron chi connectivity index (χ3n) is 1.13. The fraction of sp³-hybridized carbons (Fsp3) is 0. The van der Waals surface area contributed by atoms with Crippen molar-refractivity contribution in [2.24, 2.45) is 0 Å². The Morgan fingerprint density at radius 2 is 1.90 bits per heavy atom. The average molecular weight is 217 g/mol. The van der Waals surface area contributed by atoms with Crippen molar-refractivity contribution in [3.05, 3.63) is 40.9 Å². The first-order valence-corrected chi connectivity index (χ1v) is 3.51. The SMILES string of the molecule is C=Cc1ccccc1Br.S. The van der Waals surface area contributed by atoms with Crippen LogP contribution < -0.4 is 0 Å². The summed E-state index contributed by atoms with van der Waals surface area (Å²) >= 11 is 3.39. The van der Waals surface area contributed by atoms with Crippen LogP contribution in [0.2, 0.25) is 0 Å². The van der Waals surface area contributed by atoms with Crippen LogP contribution in [0.3, 0.4) is 0 Å². The number of halogens is 1. The van der Waals surface area contributed by atoms with Gasteiger partial charge in [0.05, 0.1) is 0 Å². The molecule has 0 unspecified atom stereocenters. The zero-order chi connectivity index (χ0) is 6.69. The summed E-state index contributed by atoms with van der Waals surface area (Å²) in [5.74, 6) is 0. The standard InChI is InChI=1S/C8H7Br.H2S/c1-2-7-5-3-4-6-8(7)9;/h2-6H,1H2;1H2. The Bertz CT molecular complexity index is 220. The Morgan fingerprint density at radius 3 is 2.30 bits per heavy atom. The summed E-state index contributed by atoms with van der Waals surface area (Å²) in [5, 5.41) is 0. The van der Waals surface area contributed by atoms with Crippen LogP contribution in [0.5, 0.6) is 0 Å². The Hall–Kier alpha value is -0.210. The monoisotopic (exact) mass is 216 g/mol. The molecule has 0 atom stereocenters. The first-order chi connectivity index (χ1) is 4.34. The number of hydrogen-bond acceptors (Lipinski definition) is 0. The number of rotatable bonds is 1. The van der Waals surface area contributed by atoms with Crippen LogP contribution in [0.1, 0.15) is 5.56 Å². The van der Waals surface area contributed by atoms with E-state index in [9.17, 15) is 0 Å². The van der Waals surface area contributed by atoms with Crippen molar-refractivity contribution in [3.63, 3.8) is 0 Å². The summed E-state index contributed by atoms with van der Waals surface area (Å²) in [7, 11) is 0. The van der Waals surface area contributed by atoms with Crippen LogP contribution in [-0.4, -0.2) is 0 Å². The zero-order valence-corrected chi connectivity index (χ0v) is 8.06. The molecule has 54 valence electrons. The molecule has 0 spiro atoms. The molecule has 1 aromatic rings. The average Bonchev–Trinajstić information content (AvgIpc) is 1.89. The molecule has 0 fully saturated rings. The molecule has 0 aliphatic heterocycles. The van der Waals surface area contributed by atoms with Gasteiger partial charge in [-0.25, -0.2) is 0 Å². The van der Waals surface area contributed by atoms with E-state index in [4.69, 9.17) is 0 Å². The highest BCUT2D eigenvalue weighted by atomic mass is 79.9. The van der Waals surface area contributed by atoms with Gasteiger partial charge in [-0.2, -0.15) is 13.5 Å². The van der Waals surface area contributed by atoms with Gasteiger partial charge >= 0.3 is 0 Å². The van der Waals surface area contributed by atoms with Crippen molar-refractivity contribution >= 4 is 35.5 Å². The zero-order valence-electron chi connectivity index (χ0n) is 5.47. The fourth-order valence-corrected chi connectivity index (χ4v) is 1.09. The van der Waals surface area contributed by atoms with E-state index in [2.05, 4.69) is 22.5 Å². The van der Waals surface area contributed by atoms with Crippen LogP contribution in [0.15, 0.2) is 35.3 Å². The second-order valence-electron chi connectivity index (χ2n) is 1.73. The van der Waals surface area contributed by atoms with Crippen LogP contribution in [0.4, 0.5) is 0 Å². The van der Waals surface area contributed by atoms with Gasteiger partial charge in [0.25, 0.3) is 0 Å². The number of hydrogen-bond donors (Lipinski definition) is 0. The summed E-state index contributed by atoms with van der Waals surface area (Å²) in [6, 6.07) is 7.98. The first kappa shape index (κ1) is 9.79. The van der Waals surface area contributed by atoms with Crippen molar-refractivity contribution in [2.45, 2.75) is 0 Å². The minimum Gasteiger partial charge on any atom is -0.197 e. The highest BCUT2D eigenvalue weighted by Crippen LogP contribution is 2.15. The van der Waals surface area contributed by atoms with Gasteiger partial charge in [-0.15, -0.1) is 0 Å². The smallest absolute Gasteiger partial charge is 0.0247 e. The Kier molecular flexibility index (Phi) is 4.49. The highest BCUT2D eigenvalue weighted by Gasteiger charge is 1.88. The minimum atomic E-state index is 0. The first-order valence-electron chi connectivity index (χ1n) is 2.71. The summed E-state index contributed by atoms with van der Waals surface area (Å²) in [6.07, 6.45) is 1.82. The molecule has 0 saturated carbocycles. The summed E-state index contributed by atoms with van der Waals surface area (Å²) in [6.45, 7) is 3.66. The molecule has 0 radical (unpaired) electrons. The lowest BCUT2D eigenvalue weighted by molar-refractivity contribution is 1.61. The van der Waals surface area contributed by atoms with E-state index in [0.717, 1.165) is 10.0 Å². The summed E-state index contributed by atoms with van der Waals surface area (Å²) in [5.41, 5.74) is 1.14. The molecule has 0 heterocycles. The molecule has 0 aliphatic carbocycles. The lowest BCUT2D eigenvalue weighted by Crippen LogP contribution is -1.70. The molecular formula is C8H9BrS. The summed E-state index contributed by atoms with van der Waals surface area (Å²) < 4.78 is 1.10.